The van der Waals surface area contributed by atoms with Crippen molar-refractivity contribution in [3.63, 3.8) is 0 Å². The van der Waals surface area contributed by atoms with Crippen LogP contribution in [0.15, 0.2) is 36.4 Å². The number of benzene rings is 2. The van der Waals surface area contributed by atoms with Crippen LogP contribution in [-0.4, -0.2) is 10.8 Å². The Bertz CT molecular complexity index is 790. The van der Waals surface area contributed by atoms with E-state index < -0.39 is 4.92 Å². The van der Waals surface area contributed by atoms with Crippen LogP contribution in [0.2, 0.25) is 5.02 Å². The average molecular weight is 361 g/mol. The van der Waals surface area contributed by atoms with Gasteiger partial charge >= 0.3 is 0 Å². The molecule has 2 aromatic carbocycles. The van der Waals surface area contributed by atoms with Crippen LogP contribution in [-0.2, 0) is 0 Å². The fourth-order valence-corrected chi connectivity index (χ4v) is 2.94. The van der Waals surface area contributed by atoms with E-state index in [1.54, 1.807) is 0 Å². The van der Waals surface area contributed by atoms with E-state index >= 15 is 0 Å². The second-order valence-electron chi connectivity index (χ2n) is 6.50. The number of nitro benzene ring substituents is 1. The van der Waals surface area contributed by atoms with Crippen LogP contribution in [0.25, 0.3) is 0 Å². The molecule has 0 aromatic heterocycles. The fraction of sp³-hybridized carbons (Fsp3) is 0.316. The summed E-state index contributed by atoms with van der Waals surface area (Å²) < 4.78 is 0. The minimum Gasteiger partial charge on any atom is -0.321 e. The van der Waals surface area contributed by atoms with E-state index in [0.29, 0.717) is 0 Å². The molecule has 2 aromatic rings. The molecule has 0 unspecified atom stereocenters. The monoisotopic (exact) mass is 360 g/mol. The third-order valence-corrected chi connectivity index (χ3v) is 4.33. The first kappa shape index (κ1) is 18.9. The van der Waals surface area contributed by atoms with Crippen molar-refractivity contribution < 1.29 is 9.72 Å². The number of amides is 1. The van der Waals surface area contributed by atoms with Crippen molar-refractivity contribution >= 4 is 28.9 Å². The van der Waals surface area contributed by atoms with E-state index in [0.717, 1.165) is 16.8 Å². The van der Waals surface area contributed by atoms with Crippen LogP contribution < -0.4 is 5.32 Å². The van der Waals surface area contributed by atoms with Crippen molar-refractivity contribution in [1.82, 2.24) is 0 Å². The zero-order chi connectivity index (χ0) is 18.7. The van der Waals surface area contributed by atoms with Crippen molar-refractivity contribution in [3.05, 3.63) is 68.2 Å². The van der Waals surface area contributed by atoms with Gasteiger partial charge in [-0.15, -0.1) is 0 Å². The number of carbonyl (C=O) groups is 1. The molecule has 0 radical (unpaired) electrons. The summed E-state index contributed by atoms with van der Waals surface area (Å²) in [6, 6.07) is 9.81. The lowest BCUT2D eigenvalue weighted by molar-refractivity contribution is -0.384. The van der Waals surface area contributed by atoms with Crippen LogP contribution in [0.3, 0.4) is 0 Å². The van der Waals surface area contributed by atoms with Crippen molar-refractivity contribution in [1.29, 1.82) is 0 Å². The Balaban J connectivity index is 2.43. The molecule has 0 aliphatic carbocycles. The van der Waals surface area contributed by atoms with Crippen molar-refractivity contribution in [2.75, 3.05) is 5.32 Å². The molecule has 1 N–H and O–H groups in total. The molecule has 0 spiro atoms. The van der Waals surface area contributed by atoms with Crippen LogP contribution in [0.1, 0.15) is 61.0 Å². The van der Waals surface area contributed by atoms with E-state index in [4.69, 9.17) is 11.6 Å². The highest BCUT2D eigenvalue weighted by atomic mass is 35.5. The summed E-state index contributed by atoms with van der Waals surface area (Å²) in [6.07, 6.45) is 0. The van der Waals surface area contributed by atoms with Crippen molar-refractivity contribution in [2.24, 2.45) is 0 Å². The molecule has 0 fully saturated rings. The minimum atomic E-state index is -0.543. The maximum atomic E-state index is 12.7. The van der Waals surface area contributed by atoms with Crippen LogP contribution in [0, 0.1) is 10.1 Å². The molecular formula is C19H21ClN2O3. The lowest BCUT2D eigenvalue weighted by Gasteiger charge is -2.20. The maximum absolute atomic E-state index is 12.7. The molecule has 0 saturated heterocycles. The molecule has 6 heteroatoms. The molecular weight excluding hydrogens is 340 g/mol. The van der Waals surface area contributed by atoms with Gasteiger partial charge in [0.05, 0.1) is 15.5 Å². The highest BCUT2D eigenvalue weighted by molar-refractivity contribution is 6.34. The SMILES string of the molecule is CC(C)c1cccc(C(C)C)c1NC(=O)c1ccc([N+](=O)[O-])cc1Cl. The lowest BCUT2D eigenvalue weighted by Crippen LogP contribution is -2.16. The normalized spacial score (nSPS) is 11.0. The van der Waals surface area contributed by atoms with Gasteiger partial charge in [-0.1, -0.05) is 57.5 Å². The first-order valence-electron chi connectivity index (χ1n) is 8.10. The molecule has 0 aliphatic heterocycles. The van der Waals surface area contributed by atoms with Crippen LogP contribution >= 0.6 is 11.6 Å². The smallest absolute Gasteiger partial charge is 0.270 e. The standard InChI is InChI=1S/C19H21ClN2O3/c1-11(2)14-6-5-7-15(12(3)4)18(14)21-19(23)16-9-8-13(22(24)25)10-17(16)20/h5-12H,1-4H3,(H,21,23). The van der Waals surface area contributed by atoms with Gasteiger partial charge in [-0.05, 0) is 29.0 Å². The molecule has 0 saturated carbocycles. The molecule has 0 atom stereocenters. The third kappa shape index (κ3) is 4.17. The number of hydrogen-bond acceptors (Lipinski definition) is 3. The van der Waals surface area contributed by atoms with E-state index in [-0.39, 0.29) is 34.0 Å². The van der Waals surface area contributed by atoms with Gasteiger partial charge in [0, 0.05) is 17.8 Å². The number of para-hydroxylation sites is 1. The Labute approximate surface area is 152 Å². The number of halogens is 1. The first-order valence-corrected chi connectivity index (χ1v) is 8.48. The number of rotatable bonds is 5. The van der Waals surface area contributed by atoms with Crippen LogP contribution in [0.5, 0.6) is 0 Å². The van der Waals surface area contributed by atoms with Gasteiger partial charge in [0.1, 0.15) is 0 Å². The summed E-state index contributed by atoms with van der Waals surface area (Å²) in [5.74, 6) is 0.0950. The lowest BCUT2D eigenvalue weighted by atomic mass is 9.92. The third-order valence-electron chi connectivity index (χ3n) is 4.02. The largest absolute Gasteiger partial charge is 0.321 e. The van der Waals surface area contributed by atoms with Crippen molar-refractivity contribution in [2.45, 2.75) is 39.5 Å². The average Bonchev–Trinajstić information content (AvgIpc) is 2.54. The van der Waals surface area contributed by atoms with Crippen LogP contribution in [0.4, 0.5) is 11.4 Å². The van der Waals surface area contributed by atoms with E-state index in [9.17, 15) is 14.9 Å². The molecule has 132 valence electrons. The Kier molecular flexibility index (Phi) is 5.80. The maximum Gasteiger partial charge on any atom is 0.270 e. The fourth-order valence-electron chi connectivity index (χ4n) is 2.68. The second kappa shape index (κ2) is 7.66. The molecule has 2 rings (SSSR count). The number of nitro groups is 1. The topological polar surface area (TPSA) is 72.2 Å². The van der Waals surface area contributed by atoms with Gasteiger partial charge in [-0.2, -0.15) is 0 Å². The van der Waals surface area contributed by atoms with Gasteiger partial charge in [-0.3, -0.25) is 14.9 Å². The summed E-state index contributed by atoms with van der Waals surface area (Å²) in [4.78, 5) is 23.0. The summed E-state index contributed by atoms with van der Waals surface area (Å²) >= 11 is 6.07. The van der Waals surface area contributed by atoms with Gasteiger partial charge in [0.25, 0.3) is 11.6 Å². The van der Waals surface area contributed by atoms with E-state index in [1.165, 1.54) is 18.2 Å². The Hall–Kier alpha value is -2.40. The van der Waals surface area contributed by atoms with Gasteiger partial charge in [0.15, 0.2) is 0 Å². The Morgan fingerprint density at radius 1 is 1.08 bits per heavy atom. The molecule has 1 amide bonds. The summed E-state index contributed by atoms with van der Waals surface area (Å²) in [5, 5.41) is 13.8. The number of hydrogen-bond donors (Lipinski definition) is 1. The predicted molar refractivity (Wildman–Crippen MR) is 101 cm³/mol. The second-order valence-corrected chi connectivity index (χ2v) is 6.90. The van der Waals surface area contributed by atoms with Gasteiger partial charge in [0.2, 0.25) is 0 Å². The molecule has 0 heterocycles. The Morgan fingerprint density at radius 2 is 1.64 bits per heavy atom. The van der Waals surface area contributed by atoms with E-state index in [2.05, 4.69) is 33.0 Å². The first-order chi connectivity index (χ1) is 11.7. The summed E-state index contributed by atoms with van der Waals surface area (Å²) in [5.41, 5.74) is 2.93. The molecule has 0 aliphatic rings. The molecule has 0 bridgehead atoms. The Morgan fingerprint density at radius 3 is 2.08 bits per heavy atom. The number of non-ortho nitro benzene ring substituents is 1. The minimum absolute atomic E-state index is 0.0554. The highest BCUT2D eigenvalue weighted by Gasteiger charge is 2.19. The molecule has 25 heavy (non-hydrogen) atoms. The number of nitrogens with zero attached hydrogens (tertiary/aromatic N) is 1. The highest BCUT2D eigenvalue weighted by Crippen LogP contribution is 2.33. The molecule has 5 nitrogen and oxygen atoms in total. The van der Waals surface area contributed by atoms with Gasteiger partial charge in [-0.25, -0.2) is 0 Å². The van der Waals surface area contributed by atoms with E-state index in [1.807, 2.05) is 18.2 Å². The number of anilines is 1. The van der Waals surface area contributed by atoms with Gasteiger partial charge < -0.3 is 5.32 Å². The van der Waals surface area contributed by atoms with Crippen molar-refractivity contribution in [3.8, 4) is 0 Å². The summed E-state index contributed by atoms with van der Waals surface area (Å²) in [6.45, 7) is 8.25. The quantitative estimate of drug-likeness (QED) is 0.545. The number of nitrogens with one attached hydrogen (secondary N) is 1. The summed E-state index contributed by atoms with van der Waals surface area (Å²) in [7, 11) is 0. The zero-order valence-electron chi connectivity index (χ0n) is 14.7. The number of carbonyl (C=O) groups excluding carboxylic acids is 1. The zero-order valence-corrected chi connectivity index (χ0v) is 15.4. The predicted octanol–water partition coefficient (Wildman–Crippen LogP) is 5.75.